The van der Waals surface area contributed by atoms with E-state index >= 15 is 0 Å². The predicted molar refractivity (Wildman–Crippen MR) is 53.5 cm³/mol. The first-order chi connectivity index (χ1) is 7.78. The maximum absolute atomic E-state index is 11.5. The topological polar surface area (TPSA) is 38.8 Å². The predicted octanol–water partition coefficient (Wildman–Crippen LogP) is 0.574. The van der Waals surface area contributed by atoms with E-state index in [1.165, 1.54) is 5.57 Å². The van der Waals surface area contributed by atoms with Gasteiger partial charge >= 0.3 is 5.97 Å². The lowest BCUT2D eigenvalue weighted by Gasteiger charge is -2.53. The summed E-state index contributed by atoms with van der Waals surface area (Å²) < 4.78 is 11.8. The van der Waals surface area contributed by atoms with Gasteiger partial charge in [0.05, 0.1) is 12.1 Å². The number of rotatable bonds is 0. The highest BCUT2D eigenvalue weighted by Crippen LogP contribution is 2.59. The lowest BCUT2D eigenvalue weighted by molar-refractivity contribution is -0.162. The molecule has 6 rings (SSSR count). The van der Waals surface area contributed by atoms with Crippen LogP contribution in [0.25, 0.3) is 0 Å². The summed E-state index contributed by atoms with van der Waals surface area (Å²) in [5, 5.41) is 0. The van der Waals surface area contributed by atoms with Crippen molar-refractivity contribution in [1.82, 2.24) is 4.90 Å². The Morgan fingerprint density at radius 2 is 2.38 bits per heavy atom. The van der Waals surface area contributed by atoms with E-state index in [1.807, 2.05) is 0 Å². The molecule has 0 radical (unpaired) electrons. The standard InChI is InChI=1S/C12H13NO3/c14-11-4-6-3-7-8-5-12(6,16-11)9-1-2-10(15-8)13(7)9/h4,7-10H,1-3,5H2. The van der Waals surface area contributed by atoms with Crippen LogP contribution in [-0.4, -0.2) is 40.9 Å². The molecule has 0 N–H and O–H groups in total. The maximum Gasteiger partial charge on any atom is 0.331 e. The van der Waals surface area contributed by atoms with Gasteiger partial charge in [-0.05, 0) is 24.8 Å². The van der Waals surface area contributed by atoms with Gasteiger partial charge in [0.25, 0.3) is 0 Å². The van der Waals surface area contributed by atoms with Gasteiger partial charge in [-0.3, -0.25) is 4.90 Å². The monoisotopic (exact) mass is 219 g/mol. The zero-order valence-corrected chi connectivity index (χ0v) is 8.89. The summed E-state index contributed by atoms with van der Waals surface area (Å²) in [5.41, 5.74) is 0.938. The number of piperidine rings is 2. The average molecular weight is 219 g/mol. The van der Waals surface area contributed by atoms with Gasteiger partial charge in [0.15, 0.2) is 5.60 Å². The van der Waals surface area contributed by atoms with Crippen LogP contribution in [-0.2, 0) is 14.3 Å². The summed E-state index contributed by atoms with van der Waals surface area (Å²) in [5.74, 6) is -0.137. The summed E-state index contributed by atoms with van der Waals surface area (Å²) in [6.07, 6.45) is 6.42. The molecule has 5 fully saturated rings. The SMILES string of the molecule is O=C1C=C2CC3C4CC2(O1)C1CCC(O4)N31. The van der Waals surface area contributed by atoms with Crippen molar-refractivity contribution in [3.05, 3.63) is 11.6 Å². The smallest absolute Gasteiger partial charge is 0.331 e. The van der Waals surface area contributed by atoms with E-state index in [4.69, 9.17) is 9.47 Å². The summed E-state index contributed by atoms with van der Waals surface area (Å²) in [4.78, 5) is 14.0. The van der Waals surface area contributed by atoms with Crippen LogP contribution in [0.4, 0.5) is 0 Å². The highest BCUT2D eigenvalue weighted by atomic mass is 16.6. The number of ether oxygens (including phenoxy) is 2. The molecule has 4 nitrogen and oxygen atoms in total. The van der Waals surface area contributed by atoms with E-state index in [-0.39, 0.29) is 11.6 Å². The molecule has 0 aromatic rings. The van der Waals surface area contributed by atoms with Gasteiger partial charge < -0.3 is 9.47 Å². The molecule has 5 atom stereocenters. The first-order valence-corrected chi connectivity index (χ1v) is 6.15. The van der Waals surface area contributed by atoms with Gasteiger partial charge in [0.2, 0.25) is 0 Å². The van der Waals surface area contributed by atoms with Crippen LogP contribution in [0.5, 0.6) is 0 Å². The van der Waals surface area contributed by atoms with Crippen LogP contribution < -0.4 is 0 Å². The van der Waals surface area contributed by atoms with Gasteiger partial charge in [-0.1, -0.05) is 0 Å². The lowest BCUT2D eigenvalue weighted by Crippen LogP contribution is -2.65. The zero-order chi connectivity index (χ0) is 10.5. The molecule has 4 heteroatoms. The Kier molecular flexibility index (Phi) is 1.14. The summed E-state index contributed by atoms with van der Waals surface area (Å²) in [6.45, 7) is 0. The highest BCUT2D eigenvalue weighted by Gasteiger charge is 2.69. The molecule has 4 saturated heterocycles. The Morgan fingerprint density at radius 3 is 3.31 bits per heavy atom. The van der Waals surface area contributed by atoms with E-state index < -0.39 is 0 Å². The van der Waals surface area contributed by atoms with Crippen LogP contribution in [0.2, 0.25) is 0 Å². The first kappa shape index (κ1) is 8.25. The van der Waals surface area contributed by atoms with E-state index in [1.54, 1.807) is 6.08 Å². The number of hydrogen-bond acceptors (Lipinski definition) is 4. The van der Waals surface area contributed by atoms with E-state index in [9.17, 15) is 4.79 Å². The van der Waals surface area contributed by atoms with E-state index in [2.05, 4.69) is 4.90 Å². The van der Waals surface area contributed by atoms with Crippen molar-refractivity contribution in [1.29, 1.82) is 0 Å². The van der Waals surface area contributed by atoms with Crippen molar-refractivity contribution in [2.45, 2.75) is 55.7 Å². The van der Waals surface area contributed by atoms with Crippen LogP contribution in [0.3, 0.4) is 0 Å². The molecule has 6 aliphatic rings. The molecule has 0 aromatic heterocycles. The van der Waals surface area contributed by atoms with Gasteiger partial charge in [-0.15, -0.1) is 0 Å². The molecule has 1 saturated carbocycles. The summed E-state index contributed by atoms with van der Waals surface area (Å²) in [7, 11) is 0. The Morgan fingerprint density at radius 1 is 1.44 bits per heavy atom. The summed E-state index contributed by atoms with van der Waals surface area (Å²) in [6, 6.07) is 0.910. The van der Waals surface area contributed by atoms with Gasteiger partial charge in [-0.2, -0.15) is 0 Å². The van der Waals surface area contributed by atoms with Crippen molar-refractivity contribution >= 4 is 5.97 Å². The van der Waals surface area contributed by atoms with Crippen molar-refractivity contribution in [2.75, 3.05) is 0 Å². The van der Waals surface area contributed by atoms with Gasteiger partial charge in [0, 0.05) is 18.5 Å². The van der Waals surface area contributed by atoms with Crippen molar-refractivity contribution in [3.8, 4) is 0 Å². The molecule has 4 bridgehead atoms. The Balaban J connectivity index is 1.75. The molecule has 84 valence electrons. The third kappa shape index (κ3) is 0.659. The minimum atomic E-state index is -0.304. The third-order valence-electron chi connectivity index (χ3n) is 5.11. The molecule has 1 aliphatic carbocycles. The molecule has 5 heterocycles. The molecule has 0 aromatic carbocycles. The first-order valence-electron chi connectivity index (χ1n) is 6.15. The van der Waals surface area contributed by atoms with Crippen LogP contribution >= 0.6 is 0 Å². The second kappa shape index (κ2) is 2.22. The Hall–Kier alpha value is -0.870. The van der Waals surface area contributed by atoms with Crippen molar-refractivity contribution in [2.24, 2.45) is 0 Å². The van der Waals surface area contributed by atoms with Crippen molar-refractivity contribution < 1.29 is 14.3 Å². The second-order valence-corrected chi connectivity index (χ2v) is 5.63. The summed E-state index contributed by atoms with van der Waals surface area (Å²) >= 11 is 0. The fraction of sp³-hybridized carbons (Fsp3) is 0.750. The molecule has 5 unspecified atom stereocenters. The average Bonchev–Trinajstić information content (AvgIpc) is 2.81. The number of carbonyl (C=O) groups is 1. The molecular formula is C12H13NO3. The fourth-order valence-electron chi connectivity index (χ4n) is 4.65. The fourth-order valence-corrected chi connectivity index (χ4v) is 4.65. The minimum Gasteiger partial charge on any atom is -0.450 e. The van der Waals surface area contributed by atoms with E-state index in [0.717, 1.165) is 25.7 Å². The third-order valence-corrected chi connectivity index (χ3v) is 5.11. The van der Waals surface area contributed by atoms with Crippen LogP contribution in [0, 0.1) is 0 Å². The normalized spacial score (nSPS) is 56.5. The molecular weight excluding hydrogens is 206 g/mol. The van der Waals surface area contributed by atoms with Gasteiger partial charge in [-0.25, -0.2) is 4.79 Å². The number of esters is 1. The molecule has 0 amide bonds. The largest absolute Gasteiger partial charge is 0.450 e. The highest BCUT2D eigenvalue weighted by molar-refractivity contribution is 5.87. The second-order valence-electron chi connectivity index (χ2n) is 5.63. The number of nitrogens with zero attached hydrogens (tertiary/aromatic N) is 1. The van der Waals surface area contributed by atoms with Gasteiger partial charge in [0.1, 0.15) is 6.23 Å². The van der Waals surface area contributed by atoms with Crippen LogP contribution in [0.1, 0.15) is 25.7 Å². The molecule has 5 aliphatic heterocycles. The maximum atomic E-state index is 11.5. The number of hydrogen-bond donors (Lipinski definition) is 0. The Labute approximate surface area is 93.2 Å². The van der Waals surface area contributed by atoms with Crippen LogP contribution in [0.15, 0.2) is 11.6 Å². The Bertz CT molecular complexity index is 446. The zero-order valence-electron chi connectivity index (χ0n) is 8.89. The number of carbonyl (C=O) groups excluding carboxylic acids is 1. The molecule has 16 heavy (non-hydrogen) atoms. The quantitative estimate of drug-likeness (QED) is 0.558. The van der Waals surface area contributed by atoms with E-state index in [0.29, 0.717) is 24.4 Å². The molecule has 1 spiro atoms. The van der Waals surface area contributed by atoms with Crippen molar-refractivity contribution in [3.63, 3.8) is 0 Å². The minimum absolute atomic E-state index is 0.137. The lowest BCUT2D eigenvalue weighted by atomic mass is 9.67.